The van der Waals surface area contributed by atoms with Crippen molar-refractivity contribution < 1.29 is 27.5 Å². The van der Waals surface area contributed by atoms with Crippen LogP contribution in [0.5, 0.6) is 5.75 Å². The largest absolute Gasteiger partial charge is 0.497 e. The molecule has 1 heterocycles. The van der Waals surface area contributed by atoms with Gasteiger partial charge in [0.15, 0.2) is 0 Å². The van der Waals surface area contributed by atoms with Gasteiger partial charge in [-0.3, -0.25) is 9.59 Å². The number of carbonyl (C=O) groups excluding carboxylic acids is 2. The molecule has 0 radical (unpaired) electrons. The number of nitrogens with one attached hydrogen (secondary N) is 2. The molecule has 2 atom stereocenters. The predicted molar refractivity (Wildman–Crippen MR) is 168 cm³/mol. The van der Waals surface area contributed by atoms with Crippen LogP contribution in [0.15, 0.2) is 83.8 Å². The van der Waals surface area contributed by atoms with Gasteiger partial charge in [0.1, 0.15) is 11.8 Å². The lowest BCUT2D eigenvalue weighted by Gasteiger charge is -2.32. The van der Waals surface area contributed by atoms with Crippen LogP contribution in [0, 0.1) is 0 Å². The Morgan fingerprint density at radius 2 is 1.64 bits per heavy atom. The van der Waals surface area contributed by atoms with Gasteiger partial charge in [0.25, 0.3) is 0 Å². The van der Waals surface area contributed by atoms with Gasteiger partial charge in [-0.15, -0.1) is 0 Å². The van der Waals surface area contributed by atoms with E-state index in [4.69, 9.17) is 9.47 Å². The average Bonchev–Trinajstić information content (AvgIpc) is 3.69. The lowest BCUT2D eigenvalue weighted by molar-refractivity contribution is -0.141. The molecule has 0 spiro atoms. The number of ether oxygens (including phenoxy) is 2. The molecule has 2 fully saturated rings. The summed E-state index contributed by atoms with van der Waals surface area (Å²) in [6, 6.07) is 23.1. The van der Waals surface area contributed by atoms with Crippen LogP contribution in [0.3, 0.4) is 0 Å². The molecule has 0 aromatic heterocycles. The molecular weight excluding hydrogens is 578 g/mol. The molecule has 5 rings (SSSR count). The van der Waals surface area contributed by atoms with Gasteiger partial charge in [0.05, 0.1) is 18.1 Å². The van der Waals surface area contributed by atoms with Crippen molar-refractivity contribution in [3.05, 3.63) is 95.6 Å². The van der Waals surface area contributed by atoms with Crippen LogP contribution < -0.4 is 14.8 Å². The van der Waals surface area contributed by atoms with Crippen LogP contribution in [-0.2, 0) is 43.7 Å². The van der Waals surface area contributed by atoms with Crippen LogP contribution in [0.1, 0.15) is 48.8 Å². The van der Waals surface area contributed by atoms with Crippen molar-refractivity contribution in [2.45, 2.75) is 74.6 Å². The summed E-state index contributed by atoms with van der Waals surface area (Å²) >= 11 is 0. The number of carbonyl (C=O) groups is 2. The first-order valence-electron chi connectivity index (χ1n) is 15.3. The second-order valence-electron chi connectivity index (χ2n) is 11.5. The monoisotopic (exact) mass is 619 g/mol. The maximum Gasteiger partial charge on any atom is 0.243 e. The fourth-order valence-electron chi connectivity index (χ4n) is 5.34. The summed E-state index contributed by atoms with van der Waals surface area (Å²) < 4.78 is 38.8. The van der Waals surface area contributed by atoms with Crippen molar-refractivity contribution >= 4 is 21.8 Å². The first-order valence-corrected chi connectivity index (χ1v) is 16.8. The summed E-state index contributed by atoms with van der Waals surface area (Å²) in [7, 11) is -1.95. The van der Waals surface area contributed by atoms with Crippen LogP contribution in [0.4, 0.5) is 0 Å². The highest BCUT2D eigenvalue weighted by Gasteiger charge is 2.31. The summed E-state index contributed by atoms with van der Waals surface area (Å²) in [6.07, 6.45) is 4.51. The maximum atomic E-state index is 14.0. The van der Waals surface area contributed by atoms with E-state index >= 15 is 0 Å². The van der Waals surface area contributed by atoms with Gasteiger partial charge in [-0.05, 0) is 73.1 Å². The minimum Gasteiger partial charge on any atom is -0.497 e. The molecule has 0 unspecified atom stereocenters. The van der Waals surface area contributed by atoms with E-state index in [1.165, 1.54) is 0 Å². The molecule has 2 amide bonds. The Balaban J connectivity index is 1.34. The highest BCUT2D eigenvalue weighted by atomic mass is 32.2. The normalized spacial score (nSPS) is 17.2. The van der Waals surface area contributed by atoms with E-state index in [2.05, 4.69) is 10.0 Å². The minimum atomic E-state index is -3.55. The quantitative estimate of drug-likeness (QED) is 0.266. The van der Waals surface area contributed by atoms with Crippen molar-refractivity contribution in [2.75, 3.05) is 20.3 Å². The Labute approximate surface area is 260 Å². The molecule has 1 saturated carbocycles. The number of amides is 2. The smallest absolute Gasteiger partial charge is 0.243 e. The topological polar surface area (TPSA) is 114 Å². The third-order valence-corrected chi connectivity index (χ3v) is 9.61. The van der Waals surface area contributed by atoms with Gasteiger partial charge >= 0.3 is 0 Å². The summed E-state index contributed by atoms with van der Waals surface area (Å²) in [6.45, 7) is 1.34. The van der Waals surface area contributed by atoms with Gasteiger partial charge in [0.2, 0.25) is 21.8 Å². The standard InChI is InChI=1S/C34H41N3O6S/c1-42-29-16-9-27(10-17-29)24-37(32(22-26-6-3-2-4-7-26)34(39)35-23-30-8-5-21-43-30)33(38)20-13-25-11-18-31(19-12-25)44(40,41)36-28-14-15-28/h2-4,6-7,9-12,16-19,28,30,32,36H,5,8,13-15,20-24H2,1H3,(H,35,39)/t30-,32-/m1/s1. The van der Waals surface area contributed by atoms with Gasteiger partial charge in [0, 0.05) is 38.6 Å². The van der Waals surface area contributed by atoms with E-state index in [0.29, 0.717) is 31.7 Å². The zero-order chi connectivity index (χ0) is 30.9. The van der Waals surface area contributed by atoms with Gasteiger partial charge < -0.3 is 19.7 Å². The third kappa shape index (κ3) is 8.90. The number of sulfonamides is 1. The average molecular weight is 620 g/mol. The lowest BCUT2D eigenvalue weighted by atomic mass is 10.0. The molecule has 1 aliphatic carbocycles. The molecule has 1 aliphatic heterocycles. The second kappa shape index (κ2) is 14.8. The van der Waals surface area contributed by atoms with Crippen LogP contribution in [0.25, 0.3) is 0 Å². The number of nitrogens with zero attached hydrogens (tertiary/aromatic N) is 1. The Bertz CT molecular complexity index is 1490. The lowest BCUT2D eigenvalue weighted by Crippen LogP contribution is -2.51. The fraction of sp³-hybridized carbons (Fsp3) is 0.412. The highest BCUT2D eigenvalue weighted by Crippen LogP contribution is 2.23. The van der Waals surface area contributed by atoms with Crippen molar-refractivity contribution in [3.63, 3.8) is 0 Å². The zero-order valence-corrected chi connectivity index (χ0v) is 25.9. The number of methoxy groups -OCH3 is 1. The van der Waals surface area contributed by atoms with Gasteiger partial charge in [-0.25, -0.2) is 13.1 Å². The Morgan fingerprint density at radius 1 is 0.932 bits per heavy atom. The van der Waals surface area contributed by atoms with Crippen LogP contribution >= 0.6 is 0 Å². The summed E-state index contributed by atoms with van der Waals surface area (Å²) in [4.78, 5) is 29.6. The number of rotatable bonds is 15. The van der Waals surface area contributed by atoms with E-state index in [1.54, 1.807) is 36.3 Å². The van der Waals surface area contributed by atoms with Crippen molar-refractivity contribution in [3.8, 4) is 5.75 Å². The number of benzene rings is 3. The zero-order valence-electron chi connectivity index (χ0n) is 25.1. The highest BCUT2D eigenvalue weighted by molar-refractivity contribution is 7.89. The molecule has 2 N–H and O–H groups in total. The van der Waals surface area contributed by atoms with E-state index < -0.39 is 16.1 Å². The van der Waals surface area contributed by atoms with Crippen LogP contribution in [-0.4, -0.2) is 63.6 Å². The molecule has 3 aromatic carbocycles. The number of aryl methyl sites for hydroxylation is 1. The molecule has 234 valence electrons. The maximum absolute atomic E-state index is 14.0. The molecule has 1 saturated heterocycles. The molecular formula is C34H41N3O6S. The third-order valence-electron chi connectivity index (χ3n) is 8.07. The molecule has 3 aromatic rings. The van der Waals surface area contributed by atoms with Crippen molar-refractivity contribution in [2.24, 2.45) is 0 Å². The molecule has 10 heteroatoms. The minimum absolute atomic E-state index is 0.0201. The first kappa shape index (κ1) is 31.7. The van der Waals surface area contributed by atoms with E-state index in [-0.39, 0.29) is 41.8 Å². The van der Waals surface area contributed by atoms with E-state index in [0.717, 1.165) is 42.4 Å². The summed E-state index contributed by atoms with van der Waals surface area (Å²) in [5.41, 5.74) is 2.67. The number of hydrogen-bond donors (Lipinski definition) is 2. The Hall–Kier alpha value is -3.73. The van der Waals surface area contributed by atoms with E-state index in [9.17, 15) is 18.0 Å². The van der Waals surface area contributed by atoms with Gasteiger partial charge in [-0.1, -0.05) is 54.6 Å². The van der Waals surface area contributed by atoms with Gasteiger partial charge in [-0.2, -0.15) is 0 Å². The molecule has 0 bridgehead atoms. The Kier molecular flexibility index (Phi) is 10.7. The SMILES string of the molecule is COc1ccc(CN(C(=O)CCc2ccc(S(=O)(=O)NC3CC3)cc2)[C@H](Cc2ccccc2)C(=O)NC[C@H]2CCCO2)cc1. The summed E-state index contributed by atoms with van der Waals surface area (Å²) in [5, 5.41) is 3.06. The molecule has 2 aliphatic rings. The predicted octanol–water partition coefficient (Wildman–Crippen LogP) is 4.00. The van der Waals surface area contributed by atoms with Crippen molar-refractivity contribution in [1.82, 2.24) is 14.9 Å². The Morgan fingerprint density at radius 3 is 2.27 bits per heavy atom. The van der Waals surface area contributed by atoms with E-state index in [1.807, 2.05) is 54.6 Å². The molecule has 9 nitrogen and oxygen atoms in total. The number of hydrogen-bond acceptors (Lipinski definition) is 6. The molecule has 44 heavy (non-hydrogen) atoms. The van der Waals surface area contributed by atoms with Crippen molar-refractivity contribution in [1.29, 1.82) is 0 Å². The van der Waals surface area contributed by atoms with Crippen LogP contribution in [0.2, 0.25) is 0 Å². The fourth-order valence-corrected chi connectivity index (χ4v) is 6.64. The second-order valence-corrected chi connectivity index (χ2v) is 13.2. The first-order chi connectivity index (χ1) is 21.3. The summed E-state index contributed by atoms with van der Waals surface area (Å²) in [5.74, 6) is 0.324.